The molecule has 3 heterocycles. The maximum Gasteiger partial charge on any atom is 0.237 e. The van der Waals surface area contributed by atoms with Crippen LogP contribution in [-0.2, 0) is 22.6 Å². The van der Waals surface area contributed by atoms with Crippen LogP contribution < -0.4 is 9.47 Å². The molecule has 1 amide bonds. The lowest BCUT2D eigenvalue weighted by molar-refractivity contribution is -0.132. The van der Waals surface area contributed by atoms with Gasteiger partial charge in [0.15, 0.2) is 11.5 Å². The van der Waals surface area contributed by atoms with Crippen LogP contribution in [0.25, 0.3) is 0 Å². The lowest BCUT2D eigenvalue weighted by Crippen LogP contribution is -2.37. The van der Waals surface area contributed by atoms with Gasteiger partial charge in [-0.05, 0) is 23.3 Å². The summed E-state index contributed by atoms with van der Waals surface area (Å²) in [4.78, 5) is 20.9. The fraction of sp³-hybridized carbons (Fsp3) is 0.400. The first-order chi connectivity index (χ1) is 13.6. The quantitative estimate of drug-likeness (QED) is 0.763. The van der Waals surface area contributed by atoms with Gasteiger partial charge in [-0.3, -0.25) is 14.7 Å². The first kappa shape index (κ1) is 19.0. The zero-order chi connectivity index (χ0) is 19.5. The molecule has 0 N–H and O–H groups in total. The third kappa shape index (κ3) is 4.22. The van der Waals surface area contributed by atoms with Gasteiger partial charge < -0.3 is 19.1 Å². The molecule has 7 nitrogen and oxygen atoms in total. The van der Waals surface area contributed by atoms with Crippen LogP contribution in [0.3, 0.4) is 0 Å². The summed E-state index contributed by atoms with van der Waals surface area (Å²) in [6, 6.07) is 7.49. The summed E-state index contributed by atoms with van der Waals surface area (Å²) in [7, 11) is 1.68. The van der Waals surface area contributed by atoms with Crippen molar-refractivity contribution in [2.24, 2.45) is 0 Å². The largest absolute Gasteiger partial charge is 0.454 e. The molecule has 2 aliphatic rings. The smallest absolute Gasteiger partial charge is 0.237 e. The summed E-state index contributed by atoms with van der Waals surface area (Å²) in [5.74, 6) is 1.39. The van der Waals surface area contributed by atoms with Crippen molar-refractivity contribution in [3.8, 4) is 11.5 Å². The molecule has 148 valence electrons. The van der Waals surface area contributed by atoms with E-state index in [9.17, 15) is 4.79 Å². The van der Waals surface area contributed by atoms with E-state index in [4.69, 9.17) is 25.8 Å². The van der Waals surface area contributed by atoms with Gasteiger partial charge in [-0.2, -0.15) is 0 Å². The predicted octanol–water partition coefficient (Wildman–Crippen LogP) is 2.32. The normalized spacial score (nSPS) is 19.7. The molecule has 8 heteroatoms. The molecule has 0 radical (unpaired) electrons. The molecule has 4 rings (SSSR count). The molecular formula is C20H22ClN3O4. The fourth-order valence-corrected chi connectivity index (χ4v) is 3.72. The van der Waals surface area contributed by atoms with Crippen LogP contribution in [0.15, 0.2) is 36.7 Å². The van der Waals surface area contributed by atoms with Gasteiger partial charge in [0, 0.05) is 56.8 Å². The third-order valence-corrected chi connectivity index (χ3v) is 5.31. The van der Waals surface area contributed by atoms with Gasteiger partial charge in [-0.15, -0.1) is 0 Å². The topological polar surface area (TPSA) is 64.1 Å². The summed E-state index contributed by atoms with van der Waals surface area (Å²) >= 11 is 6.41. The van der Waals surface area contributed by atoms with Crippen LogP contribution >= 0.6 is 11.6 Å². The second-order valence-electron chi connectivity index (χ2n) is 6.96. The lowest BCUT2D eigenvalue weighted by atomic mass is 10.1. The Morgan fingerprint density at radius 1 is 1.25 bits per heavy atom. The number of fused-ring (bicyclic) bond motifs is 1. The van der Waals surface area contributed by atoms with E-state index in [-0.39, 0.29) is 18.8 Å². The average Bonchev–Trinajstić information content (AvgIpc) is 3.08. The van der Waals surface area contributed by atoms with Crippen molar-refractivity contribution >= 4 is 17.5 Å². The highest BCUT2D eigenvalue weighted by Gasteiger charge is 2.29. The number of amides is 1. The molecule has 1 fully saturated rings. The van der Waals surface area contributed by atoms with Crippen LogP contribution in [-0.4, -0.2) is 60.3 Å². The second-order valence-corrected chi connectivity index (χ2v) is 7.37. The van der Waals surface area contributed by atoms with Crippen molar-refractivity contribution in [3.05, 3.63) is 52.8 Å². The highest BCUT2D eigenvalue weighted by atomic mass is 35.5. The molecule has 0 bridgehead atoms. The van der Waals surface area contributed by atoms with E-state index in [2.05, 4.69) is 9.88 Å². The number of benzene rings is 1. The minimum absolute atomic E-state index is 0.0558. The van der Waals surface area contributed by atoms with Crippen LogP contribution in [0.4, 0.5) is 0 Å². The minimum atomic E-state index is -0.0871. The Balaban J connectivity index is 1.49. The number of methoxy groups -OCH3 is 1. The molecule has 0 spiro atoms. The second kappa shape index (κ2) is 8.34. The fourth-order valence-electron chi connectivity index (χ4n) is 3.50. The highest BCUT2D eigenvalue weighted by molar-refractivity contribution is 6.31. The summed E-state index contributed by atoms with van der Waals surface area (Å²) in [6.07, 6.45) is 3.42. The van der Waals surface area contributed by atoms with Gasteiger partial charge in [-0.25, -0.2) is 0 Å². The number of carbonyl (C=O) groups excluding carboxylic acids is 1. The van der Waals surface area contributed by atoms with E-state index in [1.807, 2.05) is 23.1 Å². The van der Waals surface area contributed by atoms with Crippen molar-refractivity contribution in [3.63, 3.8) is 0 Å². The van der Waals surface area contributed by atoms with Gasteiger partial charge in [0.25, 0.3) is 0 Å². The number of rotatable bonds is 5. The highest BCUT2D eigenvalue weighted by Crippen LogP contribution is 2.37. The number of nitrogens with zero attached hydrogens (tertiary/aromatic N) is 3. The summed E-state index contributed by atoms with van der Waals surface area (Å²) in [5.41, 5.74) is 1.90. The number of hydrogen-bond donors (Lipinski definition) is 0. The maximum absolute atomic E-state index is 12.9. The number of ether oxygens (including phenoxy) is 3. The molecule has 28 heavy (non-hydrogen) atoms. The summed E-state index contributed by atoms with van der Waals surface area (Å²) < 4.78 is 16.4. The van der Waals surface area contributed by atoms with Crippen LogP contribution in [0.1, 0.15) is 11.1 Å². The van der Waals surface area contributed by atoms with Crippen LogP contribution in [0.2, 0.25) is 5.02 Å². The molecule has 1 aromatic carbocycles. The average molecular weight is 404 g/mol. The molecule has 1 atom stereocenters. The number of pyridine rings is 1. The number of hydrogen-bond acceptors (Lipinski definition) is 6. The van der Waals surface area contributed by atoms with E-state index in [0.29, 0.717) is 49.2 Å². The Kier molecular flexibility index (Phi) is 5.66. The third-order valence-electron chi connectivity index (χ3n) is 4.96. The lowest BCUT2D eigenvalue weighted by Gasteiger charge is -2.23. The molecule has 1 saturated heterocycles. The molecule has 0 saturated carbocycles. The predicted molar refractivity (Wildman–Crippen MR) is 103 cm³/mol. The van der Waals surface area contributed by atoms with Crippen molar-refractivity contribution in [2.75, 3.05) is 33.5 Å². The number of halogens is 1. The van der Waals surface area contributed by atoms with Gasteiger partial charge in [0.2, 0.25) is 12.7 Å². The summed E-state index contributed by atoms with van der Waals surface area (Å²) in [5, 5.41) is 0.599. The monoisotopic (exact) mass is 403 g/mol. The summed E-state index contributed by atoms with van der Waals surface area (Å²) in [6.45, 7) is 2.72. The zero-order valence-electron chi connectivity index (χ0n) is 15.6. The van der Waals surface area contributed by atoms with E-state index in [1.54, 1.807) is 25.6 Å². The van der Waals surface area contributed by atoms with E-state index in [0.717, 1.165) is 11.1 Å². The van der Waals surface area contributed by atoms with Gasteiger partial charge in [0.1, 0.15) is 0 Å². The van der Waals surface area contributed by atoms with Crippen molar-refractivity contribution < 1.29 is 19.0 Å². The Morgan fingerprint density at radius 2 is 2.07 bits per heavy atom. The van der Waals surface area contributed by atoms with Gasteiger partial charge in [0.05, 0.1) is 12.6 Å². The van der Waals surface area contributed by atoms with Crippen LogP contribution in [0.5, 0.6) is 11.5 Å². The van der Waals surface area contributed by atoms with E-state index in [1.165, 1.54) is 0 Å². The molecular weight excluding hydrogens is 382 g/mol. The Bertz CT molecular complexity index is 849. The Hall–Kier alpha value is -2.35. The maximum atomic E-state index is 12.9. The minimum Gasteiger partial charge on any atom is -0.454 e. The molecule has 2 aliphatic heterocycles. The van der Waals surface area contributed by atoms with Crippen LogP contribution in [0, 0.1) is 0 Å². The van der Waals surface area contributed by atoms with E-state index < -0.39 is 0 Å². The molecule has 2 aromatic rings. The molecule has 1 aromatic heterocycles. The number of carbonyl (C=O) groups is 1. The van der Waals surface area contributed by atoms with Crippen molar-refractivity contribution in [1.29, 1.82) is 0 Å². The van der Waals surface area contributed by atoms with E-state index >= 15 is 0 Å². The Labute approximate surface area is 168 Å². The van der Waals surface area contributed by atoms with Gasteiger partial charge >= 0.3 is 0 Å². The first-order valence-corrected chi connectivity index (χ1v) is 9.50. The van der Waals surface area contributed by atoms with Gasteiger partial charge in [-0.1, -0.05) is 17.7 Å². The number of aromatic nitrogens is 1. The Morgan fingerprint density at radius 3 is 2.82 bits per heavy atom. The standard InChI is InChI=1S/C20H22ClN3O4/c1-26-16-10-23(9-15-5-18-19(6-17(15)21)28-13-27-18)12-20(25)24(11-16)8-14-3-2-4-22-7-14/h2-7,16H,8-13H2,1H3. The first-order valence-electron chi connectivity index (χ1n) is 9.12. The molecule has 1 unspecified atom stereocenters. The van der Waals surface area contributed by atoms with Crippen molar-refractivity contribution in [1.82, 2.24) is 14.8 Å². The van der Waals surface area contributed by atoms with Crippen molar-refractivity contribution in [2.45, 2.75) is 19.2 Å². The zero-order valence-corrected chi connectivity index (χ0v) is 16.4. The SMILES string of the molecule is COC1CN(Cc2cc3c(cc2Cl)OCO3)CC(=O)N(Cc2cccnc2)C1. The molecule has 0 aliphatic carbocycles.